The number of rotatable bonds is 10. The molecular weight excluding hydrogens is 455 g/mol. The monoisotopic (exact) mass is 486 g/mol. The molecule has 3 heterocycles. The van der Waals surface area contributed by atoms with Gasteiger partial charge in [-0.05, 0) is 68.5 Å². The number of carbonyl (C=O) groups is 1. The molecule has 182 valence electrons. The minimum absolute atomic E-state index is 0.0293. The van der Waals surface area contributed by atoms with E-state index >= 15 is 4.39 Å². The van der Waals surface area contributed by atoms with E-state index in [1.165, 1.54) is 0 Å². The number of thioether (sulfide) groups is 1. The number of H-pyrrole nitrogens is 1. The lowest BCUT2D eigenvalue weighted by molar-refractivity contribution is -0.146. The molecule has 34 heavy (non-hydrogen) atoms. The Morgan fingerprint density at radius 3 is 3.00 bits per heavy atom. The molecule has 1 aliphatic heterocycles. The van der Waals surface area contributed by atoms with E-state index in [0.29, 0.717) is 30.7 Å². The predicted octanol–water partition coefficient (Wildman–Crippen LogP) is 4.88. The molecule has 1 aromatic carbocycles. The number of halogens is 1. The topological polar surface area (TPSA) is 91.3 Å². The third kappa shape index (κ3) is 5.70. The molecular formula is C25H31FN4O3S. The zero-order valence-electron chi connectivity index (χ0n) is 19.5. The Kier molecular flexibility index (Phi) is 8.05. The van der Waals surface area contributed by atoms with Crippen LogP contribution in [-0.2, 0) is 4.79 Å². The number of aliphatic carboxylic acids is 1. The van der Waals surface area contributed by atoms with Crippen molar-refractivity contribution in [3.8, 4) is 5.75 Å². The number of pyridine rings is 1. The van der Waals surface area contributed by atoms with Gasteiger partial charge in [-0.2, -0.15) is 5.10 Å². The molecule has 1 aliphatic rings. The van der Waals surface area contributed by atoms with E-state index in [-0.39, 0.29) is 5.92 Å². The van der Waals surface area contributed by atoms with E-state index in [1.54, 1.807) is 31.1 Å². The Balaban J connectivity index is 1.34. The summed E-state index contributed by atoms with van der Waals surface area (Å²) in [6, 6.07) is 7.16. The maximum Gasteiger partial charge on any atom is 0.308 e. The highest BCUT2D eigenvalue weighted by Gasteiger charge is 2.34. The number of fused-ring (bicyclic) bond motifs is 1. The van der Waals surface area contributed by atoms with E-state index in [0.717, 1.165) is 46.8 Å². The second-order valence-electron chi connectivity index (χ2n) is 8.83. The first-order valence-corrected chi connectivity index (χ1v) is 12.6. The van der Waals surface area contributed by atoms with Gasteiger partial charge in [0.15, 0.2) is 0 Å². The van der Waals surface area contributed by atoms with Gasteiger partial charge in [0.2, 0.25) is 0 Å². The molecule has 2 N–H and O–H groups in total. The van der Waals surface area contributed by atoms with Crippen LogP contribution in [0.5, 0.6) is 5.75 Å². The van der Waals surface area contributed by atoms with Crippen LogP contribution in [-0.4, -0.2) is 63.7 Å². The number of hydrogen-bond acceptors (Lipinski definition) is 6. The lowest BCUT2D eigenvalue weighted by atomic mass is 9.81. The van der Waals surface area contributed by atoms with Crippen LogP contribution in [0.3, 0.4) is 0 Å². The number of nitrogens with zero attached hydrogens (tertiary/aromatic N) is 3. The Bertz CT molecular complexity index is 1120. The summed E-state index contributed by atoms with van der Waals surface area (Å²) in [5, 5.41) is 17.6. The van der Waals surface area contributed by atoms with Gasteiger partial charge in [0, 0.05) is 41.0 Å². The van der Waals surface area contributed by atoms with Gasteiger partial charge in [-0.3, -0.25) is 14.9 Å². The average molecular weight is 487 g/mol. The summed E-state index contributed by atoms with van der Waals surface area (Å²) < 4.78 is 20.6. The van der Waals surface area contributed by atoms with Gasteiger partial charge in [-0.25, -0.2) is 4.39 Å². The summed E-state index contributed by atoms with van der Waals surface area (Å²) >= 11 is 1.73. The minimum Gasteiger partial charge on any atom is -0.497 e. The summed E-state index contributed by atoms with van der Waals surface area (Å²) in [6.45, 7) is 4.16. The number of alkyl halides is 1. The van der Waals surface area contributed by atoms with E-state index in [4.69, 9.17) is 4.74 Å². The van der Waals surface area contributed by atoms with Crippen LogP contribution in [0.2, 0.25) is 0 Å². The molecule has 0 radical (unpaired) electrons. The molecule has 4 rings (SSSR count). The number of likely N-dealkylation sites (tertiary alicyclic amines) is 1. The average Bonchev–Trinajstić information content (AvgIpc) is 3.26. The molecule has 9 heteroatoms. The largest absolute Gasteiger partial charge is 0.497 e. The van der Waals surface area contributed by atoms with Gasteiger partial charge in [-0.1, -0.05) is 0 Å². The fraction of sp³-hybridized carbons (Fsp3) is 0.480. The molecule has 7 nitrogen and oxygen atoms in total. The molecule has 0 bridgehead atoms. The smallest absolute Gasteiger partial charge is 0.308 e. The Morgan fingerprint density at radius 2 is 2.26 bits per heavy atom. The number of aromatic amines is 1. The van der Waals surface area contributed by atoms with Crippen molar-refractivity contribution in [3.63, 3.8) is 0 Å². The molecule has 1 saturated heterocycles. The van der Waals surface area contributed by atoms with Crippen LogP contribution in [0.25, 0.3) is 10.9 Å². The fourth-order valence-electron chi connectivity index (χ4n) is 4.73. The summed E-state index contributed by atoms with van der Waals surface area (Å²) in [7, 11) is 1.58. The van der Waals surface area contributed by atoms with Crippen molar-refractivity contribution in [1.29, 1.82) is 0 Å². The number of nitrogens with one attached hydrogen (secondary N) is 1. The zero-order valence-corrected chi connectivity index (χ0v) is 20.4. The van der Waals surface area contributed by atoms with E-state index in [2.05, 4.69) is 20.1 Å². The first kappa shape index (κ1) is 24.5. The van der Waals surface area contributed by atoms with Crippen LogP contribution in [0.4, 0.5) is 4.39 Å². The number of hydrogen-bond donors (Lipinski definition) is 2. The second kappa shape index (κ2) is 11.2. The summed E-state index contributed by atoms with van der Waals surface area (Å²) in [5.74, 6) is 0.243. The Hall–Kier alpha value is -2.65. The fourth-order valence-corrected chi connectivity index (χ4v) is 5.69. The number of ether oxygens (including phenoxy) is 1. The van der Waals surface area contributed by atoms with E-state index < -0.39 is 18.1 Å². The van der Waals surface area contributed by atoms with Crippen molar-refractivity contribution in [2.45, 2.75) is 37.3 Å². The molecule has 0 saturated carbocycles. The van der Waals surface area contributed by atoms with Gasteiger partial charge in [0.25, 0.3) is 0 Å². The molecule has 0 spiro atoms. The SMILES string of the molecule is COc1ccc2nccc(C(F)CC[C@@H]3CCN(CCSc4cn[nH]c4C)C[C@@H]3C(=O)O)c2c1. The van der Waals surface area contributed by atoms with Crippen molar-refractivity contribution in [3.05, 3.63) is 47.9 Å². The van der Waals surface area contributed by atoms with Crippen molar-refractivity contribution < 1.29 is 19.0 Å². The van der Waals surface area contributed by atoms with Gasteiger partial charge in [0.05, 0.1) is 24.7 Å². The molecule has 0 aliphatic carbocycles. The molecule has 1 unspecified atom stereocenters. The zero-order chi connectivity index (χ0) is 24.1. The summed E-state index contributed by atoms with van der Waals surface area (Å²) in [6.07, 6.45) is 3.87. The Labute approximate surface area is 203 Å². The summed E-state index contributed by atoms with van der Waals surface area (Å²) in [4.78, 5) is 19.7. The van der Waals surface area contributed by atoms with Crippen LogP contribution in [0.1, 0.15) is 36.7 Å². The maximum absolute atomic E-state index is 15.4. The van der Waals surface area contributed by atoms with Gasteiger partial charge >= 0.3 is 5.97 Å². The number of aryl methyl sites for hydroxylation is 1. The minimum atomic E-state index is -1.18. The first-order valence-electron chi connectivity index (χ1n) is 11.6. The quantitative estimate of drug-likeness (QED) is 0.395. The molecule has 3 aromatic rings. The molecule has 1 fully saturated rings. The van der Waals surface area contributed by atoms with Crippen LogP contribution in [0.15, 0.2) is 41.6 Å². The molecule has 2 aromatic heterocycles. The van der Waals surface area contributed by atoms with Gasteiger partial charge < -0.3 is 14.7 Å². The summed E-state index contributed by atoms with van der Waals surface area (Å²) in [5.41, 5.74) is 2.36. The standard InChI is InChI=1S/C25H31FN4O3S/c1-16-24(14-28-29-16)34-12-11-30-10-8-17(21(15-30)25(31)32)3-5-22(26)19-7-9-27-23-6-4-18(33-2)13-20(19)23/h4,6-7,9,13-14,17,21-22H,3,5,8,10-12,15H2,1-2H3,(H,28,29)(H,31,32)/t17-,21+,22?/m1/s1. The Morgan fingerprint density at radius 1 is 1.41 bits per heavy atom. The van der Waals surface area contributed by atoms with Crippen molar-refractivity contribution >= 4 is 28.6 Å². The van der Waals surface area contributed by atoms with Crippen molar-refractivity contribution in [2.24, 2.45) is 11.8 Å². The third-order valence-corrected chi connectivity index (χ3v) is 7.83. The number of methoxy groups -OCH3 is 1. The van der Waals surface area contributed by atoms with Crippen LogP contribution >= 0.6 is 11.8 Å². The number of piperidine rings is 1. The van der Waals surface area contributed by atoms with Crippen LogP contribution < -0.4 is 4.74 Å². The number of benzene rings is 1. The number of carboxylic acid groups (broad SMARTS) is 1. The number of aromatic nitrogens is 3. The van der Waals surface area contributed by atoms with Crippen molar-refractivity contribution in [2.75, 3.05) is 32.5 Å². The number of carboxylic acids is 1. The third-order valence-electron chi connectivity index (χ3n) is 6.72. The van der Waals surface area contributed by atoms with Gasteiger partial charge in [-0.15, -0.1) is 11.8 Å². The normalized spacial score (nSPS) is 19.9. The first-order chi connectivity index (χ1) is 16.5. The highest BCUT2D eigenvalue weighted by atomic mass is 32.2. The molecule has 3 atom stereocenters. The second-order valence-corrected chi connectivity index (χ2v) is 9.97. The van der Waals surface area contributed by atoms with E-state index in [9.17, 15) is 9.90 Å². The maximum atomic E-state index is 15.4. The lowest BCUT2D eigenvalue weighted by Crippen LogP contribution is -2.44. The van der Waals surface area contributed by atoms with Crippen LogP contribution in [0, 0.1) is 18.8 Å². The lowest BCUT2D eigenvalue weighted by Gasteiger charge is -2.36. The van der Waals surface area contributed by atoms with E-state index in [1.807, 2.05) is 31.3 Å². The highest BCUT2D eigenvalue weighted by molar-refractivity contribution is 7.99. The van der Waals surface area contributed by atoms with Crippen molar-refractivity contribution in [1.82, 2.24) is 20.1 Å². The van der Waals surface area contributed by atoms with Gasteiger partial charge in [0.1, 0.15) is 11.9 Å². The molecule has 0 amide bonds. The highest BCUT2D eigenvalue weighted by Crippen LogP contribution is 2.35. The predicted molar refractivity (Wildman–Crippen MR) is 131 cm³/mol.